The molecule has 23 heavy (non-hydrogen) atoms. The number of nitrogens with zero attached hydrogens (tertiary/aromatic N) is 1. The van der Waals surface area contributed by atoms with Crippen LogP contribution in [0, 0.1) is 5.41 Å². The van der Waals surface area contributed by atoms with Crippen molar-refractivity contribution in [3.63, 3.8) is 0 Å². The van der Waals surface area contributed by atoms with Crippen molar-refractivity contribution in [2.45, 2.75) is 33.1 Å². The monoisotopic (exact) mass is 309 g/mol. The van der Waals surface area contributed by atoms with Crippen molar-refractivity contribution in [3.05, 3.63) is 66.5 Å². The lowest BCUT2D eigenvalue weighted by Crippen LogP contribution is -2.29. The highest BCUT2D eigenvalue weighted by atomic mass is 16.5. The standard InChI is InChI=1S/C20H23NO2/c1-20(2,19(22)23-18-13-9-15-21-16-18)14-8-4-7-12-17-10-5-3-6-11-17/h3,5-7,9-13,15-16H,4,8,14H2,1-2H3. The number of carbonyl (C=O) groups is 1. The molecule has 1 aromatic heterocycles. The quantitative estimate of drug-likeness (QED) is 0.539. The van der Waals surface area contributed by atoms with Gasteiger partial charge in [-0.1, -0.05) is 42.5 Å². The number of benzene rings is 1. The van der Waals surface area contributed by atoms with Gasteiger partial charge in [-0.25, -0.2) is 0 Å². The molecule has 0 saturated heterocycles. The Bertz CT molecular complexity index is 633. The lowest BCUT2D eigenvalue weighted by Gasteiger charge is -2.21. The molecule has 0 aliphatic carbocycles. The number of allylic oxidation sites excluding steroid dienone is 1. The number of carbonyl (C=O) groups excluding carboxylic acids is 1. The largest absolute Gasteiger partial charge is 0.424 e. The summed E-state index contributed by atoms with van der Waals surface area (Å²) in [5.41, 5.74) is 0.693. The van der Waals surface area contributed by atoms with Crippen LogP contribution >= 0.6 is 0 Å². The van der Waals surface area contributed by atoms with Crippen LogP contribution < -0.4 is 4.74 Å². The Hall–Kier alpha value is -2.42. The topological polar surface area (TPSA) is 39.2 Å². The molecule has 1 heterocycles. The predicted molar refractivity (Wildman–Crippen MR) is 93.0 cm³/mol. The van der Waals surface area contributed by atoms with Crippen molar-refractivity contribution < 1.29 is 9.53 Å². The fourth-order valence-electron chi connectivity index (χ4n) is 2.20. The second kappa shape index (κ2) is 8.28. The SMILES string of the molecule is CC(C)(CCCC=Cc1ccccc1)C(=O)Oc1cccnc1. The number of ether oxygens (including phenoxy) is 1. The van der Waals surface area contributed by atoms with Gasteiger partial charge < -0.3 is 4.74 Å². The van der Waals surface area contributed by atoms with Gasteiger partial charge in [0.25, 0.3) is 0 Å². The number of unbranched alkanes of at least 4 members (excludes halogenated alkanes) is 1. The molecular weight excluding hydrogens is 286 g/mol. The first kappa shape index (κ1) is 16.9. The summed E-state index contributed by atoms with van der Waals surface area (Å²) in [4.78, 5) is 16.2. The number of pyridine rings is 1. The highest BCUT2D eigenvalue weighted by Crippen LogP contribution is 2.26. The molecule has 0 aliphatic heterocycles. The summed E-state index contributed by atoms with van der Waals surface area (Å²) >= 11 is 0. The van der Waals surface area contributed by atoms with Crippen molar-refractivity contribution in [1.82, 2.24) is 4.98 Å². The zero-order valence-corrected chi connectivity index (χ0v) is 13.7. The van der Waals surface area contributed by atoms with Crippen molar-refractivity contribution in [3.8, 4) is 5.75 Å². The van der Waals surface area contributed by atoms with Gasteiger partial charge in [-0.05, 0) is 50.8 Å². The van der Waals surface area contributed by atoms with E-state index in [-0.39, 0.29) is 5.97 Å². The van der Waals surface area contributed by atoms with Gasteiger partial charge in [-0.2, -0.15) is 0 Å². The molecular formula is C20H23NO2. The van der Waals surface area contributed by atoms with Gasteiger partial charge in [0, 0.05) is 6.20 Å². The molecule has 0 radical (unpaired) electrons. The molecule has 0 atom stereocenters. The van der Waals surface area contributed by atoms with Crippen molar-refractivity contribution in [2.75, 3.05) is 0 Å². The van der Waals surface area contributed by atoms with E-state index in [1.165, 1.54) is 5.56 Å². The van der Waals surface area contributed by atoms with Crippen LogP contribution in [0.25, 0.3) is 6.08 Å². The molecule has 0 saturated carbocycles. The van der Waals surface area contributed by atoms with Crippen molar-refractivity contribution in [2.24, 2.45) is 5.41 Å². The molecule has 120 valence electrons. The molecule has 0 N–H and O–H groups in total. The average Bonchev–Trinajstić information content (AvgIpc) is 2.56. The van der Waals surface area contributed by atoms with Gasteiger partial charge in [0.2, 0.25) is 0 Å². The van der Waals surface area contributed by atoms with Gasteiger partial charge >= 0.3 is 5.97 Å². The zero-order valence-electron chi connectivity index (χ0n) is 13.7. The third-order valence-corrected chi connectivity index (χ3v) is 3.68. The summed E-state index contributed by atoms with van der Waals surface area (Å²) in [5.74, 6) is 0.284. The molecule has 2 rings (SSSR count). The summed E-state index contributed by atoms with van der Waals surface area (Å²) in [6.45, 7) is 3.85. The smallest absolute Gasteiger partial charge is 0.316 e. The number of rotatable bonds is 7. The van der Waals surface area contributed by atoms with Crippen molar-refractivity contribution in [1.29, 1.82) is 0 Å². The molecule has 0 aliphatic rings. The van der Waals surface area contributed by atoms with Crippen LogP contribution in [0.2, 0.25) is 0 Å². The minimum atomic E-state index is -0.504. The number of hydrogen-bond donors (Lipinski definition) is 0. The third kappa shape index (κ3) is 5.70. The van der Waals surface area contributed by atoms with E-state index < -0.39 is 5.41 Å². The van der Waals surface area contributed by atoms with Gasteiger partial charge in [0.05, 0.1) is 11.6 Å². The maximum Gasteiger partial charge on any atom is 0.316 e. The maximum atomic E-state index is 12.3. The first-order valence-corrected chi connectivity index (χ1v) is 7.92. The van der Waals surface area contributed by atoms with Gasteiger partial charge in [0.1, 0.15) is 5.75 Å². The van der Waals surface area contributed by atoms with E-state index in [9.17, 15) is 4.79 Å². The fraction of sp³-hybridized carbons (Fsp3) is 0.300. The number of esters is 1. The Morgan fingerprint density at radius 1 is 1.17 bits per heavy atom. The lowest BCUT2D eigenvalue weighted by molar-refractivity contribution is -0.144. The fourth-order valence-corrected chi connectivity index (χ4v) is 2.20. The molecule has 0 fully saturated rings. The Morgan fingerprint density at radius 2 is 1.96 bits per heavy atom. The van der Waals surface area contributed by atoms with E-state index in [0.717, 1.165) is 19.3 Å². The average molecular weight is 309 g/mol. The van der Waals surface area contributed by atoms with Crippen LogP contribution in [-0.2, 0) is 4.79 Å². The maximum absolute atomic E-state index is 12.3. The first-order chi connectivity index (χ1) is 11.1. The minimum absolute atomic E-state index is 0.211. The zero-order chi connectivity index (χ0) is 16.5. The third-order valence-electron chi connectivity index (χ3n) is 3.68. The Kier molecular flexibility index (Phi) is 6.10. The van der Waals surface area contributed by atoms with E-state index in [2.05, 4.69) is 29.3 Å². The van der Waals surface area contributed by atoms with Gasteiger partial charge in [0.15, 0.2) is 0 Å². The highest BCUT2D eigenvalue weighted by Gasteiger charge is 2.29. The summed E-state index contributed by atoms with van der Waals surface area (Å²) in [7, 11) is 0. The molecule has 3 nitrogen and oxygen atoms in total. The van der Waals surface area contributed by atoms with Gasteiger partial charge in [-0.3, -0.25) is 9.78 Å². The lowest BCUT2D eigenvalue weighted by atomic mass is 9.87. The number of aromatic nitrogens is 1. The molecule has 3 heteroatoms. The molecule has 0 unspecified atom stereocenters. The Balaban J connectivity index is 1.77. The molecule has 0 spiro atoms. The van der Waals surface area contributed by atoms with E-state index in [1.807, 2.05) is 32.0 Å². The molecule has 1 aromatic carbocycles. The predicted octanol–water partition coefficient (Wildman–Crippen LogP) is 4.90. The van der Waals surface area contributed by atoms with Crippen molar-refractivity contribution >= 4 is 12.0 Å². The van der Waals surface area contributed by atoms with Crippen LogP contribution in [0.5, 0.6) is 5.75 Å². The van der Waals surface area contributed by atoms with Crippen LogP contribution in [0.15, 0.2) is 60.9 Å². The molecule has 0 bridgehead atoms. The van der Waals surface area contributed by atoms with Crippen LogP contribution in [-0.4, -0.2) is 11.0 Å². The Morgan fingerprint density at radius 3 is 2.65 bits per heavy atom. The highest BCUT2D eigenvalue weighted by molar-refractivity contribution is 5.78. The molecule has 2 aromatic rings. The second-order valence-corrected chi connectivity index (χ2v) is 6.17. The van der Waals surface area contributed by atoms with E-state index in [1.54, 1.807) is 24.5 Å². The summed E-state index contributed by atoms with van der Waals surface area (Å²) in [6, 6.07) is 13.7. The summed E-state index contributed by atoms with van der Waals surface area (Å²) in [5, 5.41) is 0. The summed E-state index contributed by atoms with van der Waals surface area (Å²) < 4.78 is 5.39. The van der Waals surface area contributed by atoms with Crippen LogP contribution in [0.1, 0.15) is 38.7 Å². The molecule has 0 amide bonds. The van der Waals surface area contributed by atoms with Gasteiger partial charge in [-0.15, -0.1) is 0 Å². The summed E-state index contributed by atoms with van der Waals surface area (Å²) in [6.07, 6.45) is 10.1. The number of hydrogen-bond acceptors (Lipinski definition) is 3. The van der Waals surface area contributed by atoms with Crippen LogP contribution in [0.3, 0.4) is 0 Å². The Labute approximate surface area is 138 Å². The second-order valence-electron chi connectivity index (χ2n) is 6.17. The van der Waals surface area contributed by atoms with E-state index >= 15 is 0 Å². The minimum Gasteiger partial charge on any atom is -0.424 e. The normalized spacial score (nSPS) is 11.6. The van der Waals surface area contributed by atoms with E-state index in [0.29, 0.717) is 5.75 Å². The first-order valence-electron chi connectivity index (χ1n) is 7.92. The van der Waals surface area contributed by atoms with Crippen LogP contribution in [0.4, 0.5) is 0 Å². The van der Waals surface area contributed by atoms with E-state index in [4.69, 9.17) is 4.74 Å².